The Morgan fingerprint density at radius 2 is 1.94 bits per heavy atom. The van der Waals surface area contributed by atoms with Gasteiger partial charge in [-0.2, -0.15) is 5.26 Å². The third kappa shape index (κ3) is 5.60. The molecule has 3 rings (SSSR count). The van der Waals surface area contributed by atoms with E-state index >= 15 is 0 Å². The summed E-state index contributed by atoms with van der Waals surface area (Å²) in [6, 6.07) is 14.1. The highest BCUT2D eigenvalue weighted by Gasteiger charge is 2.26. The fraction of sp³-hybridized carbons (Fsp3) is 0.462. The van der Waals surface area contributed by atoms with Gasteiger partial charge in [0.15, 0.2) is 0 Å². The highest BCUT2D eigenvalue weighted by atomic mass is 16.5. The summed E-state index contributed by atoms with van der Waals surface area (Å²) in [5, 5.41) is 9.70. The van der Waals surface area contributed by atoms with Gasteiger partial charge in [-0.15, -0.1) is 0 Å². The number of aryl methyl sites for hydroxylation is 1. The fourth-order valence-corrected chi connectivity index (χ4v) is 4.44. The molecule has 2 heterocycles. The number of likely N-dealkylation sites (tertiary alicyclic amines) is 1. The van der Waals surface area contributed by atoms with Crippen molar-refractivity contribution in [1.29, 1.82) is 5.26 Å². The molecule has 0 bridgehead atoms. The quantitative estimate of drug-likeness (QED) is 0.451. The second-order valence-corrected chi connectivity index (χ2v) is 8.53. The lowest BCUT2D eigenvalue weighted by atomic mass is 9.97. The van der Waals surface area contributed by atoms with Crippen molar-refractivity contribution in [3.63, 3.8) is 0 Å². The highest BCUT2D eigenvalue weighted by molar-refractivity contribution is 6.01. The van der Waals surface area contributed by atoms with Gasteiger partial charge in [0.25, 0.3) is 5.91 Å². The summed E-state index contributed by atoms with van der Waals surface area (Å²) in [5.41, 5.74) is 3.21. The van der Waals surface area contributed by atoms with Gasteiger partial charge in [-0.1, -0.05) is 18.2 Å². The molecule has 0 aliphatic carbocycles. The van der Waals surface area contributed by atoms with Crippen LogP contribution in [-0.4, -0.2) is 48.8 Å². The number of hydrogen-bond donors (Lipinski definition) is 0. The Balaban J connectivity index is 1.62. The van der Waals surface area contributed by atoms with Gasteiger partial charge < -0.3 is 18.9 Å². The van der Waals surface area contributed by atoms with E-state index in [0.717, 1.165) is 35.5 Å². The van der Waals surface area contributed by atoms with Crippen LogP contribution in [0.3, 0.4) is 0 Å². The van der Waals surface area contributed by atoms with E-state index in [1.165, 1.54) is 0 Å². The van der Waals surface area contributed by atoms with E-state index in [2.05, 4.69) is 17.6 Å². The SMILES string of the molecule is COCC(C)n1c(C)cc(/C=C(/C#N)C(=O)N2CCC(COc3ccccc3)CC2)c1C. The normalized spacial score (nSPS) is 16.0. The van der Waals surface area contributed by atoms with E-state index < -0.39 is 0 Å². The van der Waals surface area contributed by atoms with Gasteiger partial charge in [0.05, 0.1) is 19.3 Å². The Hall–Kier alpha value is -3.04. The van der Waals surface area contributed by atoms with Crippen LogP contribution in [0.4, 0.5) is 0 Å². The number of hydrogen-bond acceptors (Lipinski definition) is 4. The highest BCUT2D eigenvalue weighted by Crippen LogP contribution is 2.25. The molecular weight excluding hydrogens is 402 g/mol. The number of amides is 1. The molecule has 32 heavy (non-hydrogen) atoms. The van der Waals surface area contributed by atoms with E-state index in [0.29, 0.717) is 32.2 Å². The molecular formula is C26H33N3O3. The van der Waals surface area contributed by atoms with Crippen molar-refractivity contribution in [3.8, 4) is 11.8 Å². The fourth-order valence-electron chi connectivity index (χ4n) is 4.44. The Labute approximate surface area is 191 Å². The van der Waals surface area contributed by atoms with Crippen molar-refractivity contribution in [2.75, 3.05) is 33.4 Å². The predicted octanol–water partition coefficient (Wildman–Crippen LogP) is 4.54. The first-order chi connectivity index (χ1) is 15.4. The van der Waals surface area contributed by atoms with Crippen LogP contribution in [0, 0.1) is 31.1 Å². The summed E-state index contributed by atoms with van der Waals surface area (Å²) in [6.45, 7) is 8.69. The topological polar surface area (TPSA) is 67.5 Å². The molecule has 1 fully saturated rings. The van der Waals surface area contributed by atoms with Crippen molar-refractivity contribution >= 4 is 12.0 Å². The minimum Gasteiger partial charge on any atom is -0.493 e. The summed E-state index contributed by atoms with van der Waals surface area (Å²) in [4.78, 5) is 14.8. The molecule has 1 aliphatic rings. The van der Waals surface area contributed by atoms with Crippen molar-refractivity contribution < 1.29 is 14.3 Å². The minimum atomic E-state index is -0.190. The number of benzene rings is 1. The molecule has 6 heteroatoms. The largest absolute Gasteiger partial charge is 0.493 e. The zero-order chi connectivity index (χ0) is 23.1. The zero-order valence-corrected chi connectivity index (χ0v) is 19.5. The monoisotopic (exact) mass is 435 g/mol. The molecule has 1 saturated heterocycles. The predicted molar refractivity (Wildman–Crippen MR) is 125 cm³/mol. The summed E-state index contributed by atoms with van der Waals surface area (Å²) in [6.07, 6.45) is 3.48. The van der Waals surface area contributed by atoms with Gasteiger partial charge in [0, 0.05) is 31.6 Å². The van der Waals surface area contributed by atoms with Crippen molar-refractivity contribution in [2.24, 2.45) is 5.92 Å². The molecule has 0 radical (unpaired) electrons. The molecule has 1 aromatic carbocycles. The van der Waals surface area contributed by atoms with Gasteiger partial charge in [-0.3, -0.25) is 4.79 Å². The van der Waals surface area contributed by atoms with Crippen LogP contribution in [0.15, 0.2) is 42.0 Å². The lowest BCUT2D eigenvalue weighted by Gasteiger charge is -2.31. The van der Waals surface area contributed by atoms with Crippen LogP contribution in [0.25, 0.3) is 6.08 Å². The van der Waals surface area contributed by atoms with E-state index in [-0.39, 0.29) is 17.5 Å². The molecule has 2 aromatic rings. The third-order valence-electron chi connectivity index (χ3n) is 6.15. The van der Waals surface area contributed by atoms with Crippen LogP contribution >= 0.6 is 0 Å². The van der Waals surface area contributed by atoms with Crippen molar-refractivity contribution in [1.82, 2.24) is 9.47 Å². The van der Waals surface area contributed by atoms with Gasteiger partial charge in [0.2, 0.25) is 0 Å². The number of rotatable bonds is 8. The second kappa shape index (κ2) is 11.0. The maximum atomic E-state index is 13.0. The first-order valence-electron chi connectivity index (χ1n) is 11.2. The Kier molecular flexibility index (Phi) is 8.13. The maximum absolute atomic E-state index is 13.0. The van der Waals surface area contributed by atoms with Crippen LogP contribution in [0.1, 0.15) is 42.8 Å². The first kappa shape index (κ1) is 23.6. The standard InChI is InChI=1S/C26H33N3O3/c1-19-14-23(21(3)29(19)20(2)17-31-4)15-24(16-27)26(30)28-12-10-22(11-13-28)18-32-25-8-6-5-7-9-25/h5-9,14-15,20,22H,10-13,17-18H2,1-4H3/b24-15-. The number of para-hydroxylation sites is 1. The van der Waals surface area contributed by atoms with Crippen LogP contribution < -0.4 is 4.74 Å². The molecule has 1 aliphatic heterocycles. The third-order valence-corrected chi connectivity index (χ3v) is 6.15. The lowest BCUT2D eigenvalue weighted by molar-refractivity contribution is -0.128. The Morgan fingerprint density at radius 1 is 1.25 bits per heavy atom. The summed E-state index contributed by atoms with van der Waals surface area (Å²) in [7, 11) is 1.69. The van der Waals surface area contributed by atoms with E-state index in [1.807, 2.05) is 50.2 Å². The average molecular weight is 436 g/mol. The number of carbonyl (C=O) groups excluding carboxylic acids is 1. The molecule has 0 spiro atoms. The van der Waals surface area contributed by atoms with Gasteiger partial charge in [0.1, 0.15) is 17.4 Å². The number of carbonyl (C=O) groups is 1. The van der Waals surface area contributed by atoms with Crippen LogP contribution in [0.5, 0.6) is 5.75 Å². The van der Waals surface area contributed by atoms with Gasteiger partial charge in [-0.25, -0.2) is 0 Å². The minimum absolute atomic E-state index is 0.181. The summed E-state index contributed by atoms with van der Waals surface area (Å²) < 4.78 is 13.4. The number of ether oxygens (including phenoxy) is 2. The molecule has 1 atom stereocenters. The van der Waals surface area contributed by atoms with Crippen LogP contribution in [0.2, 0.25) is 0 Å². The number of nitrogens with zero attached hydrogens (tertiary/aromatic N) is 3. The van der Waals surface area contributed by atoms with Gasteiger partial charge in [-0.05, 0) is 69.4 Å². The summed E-state index contributed by atoms with van der Waals surface area (Å²) in [5.74, 6) is 1.10. The number of nitriles is 1. The maximum Gasteiger partial charge on any atom is 0.264 e. The summed E-state index contributed by atoms with van der Waals surface area (Å²) >= 11 is 0. The zero-order valence-electron chi connectivity index (χ0n) is 19.5. The molecule has 0 N–H and O–H groups in total. The molecule has 1 amide bonds. The number of piperidine rings is 1. The van der Waals surface area contributed by atoms with Crippen molar-refractivity contribution in [2.45, 2.75) is 39.7 Å². The Bertz CT molecular complexity index is 980. The first-order valence-corrected chi connectivity index (χ1v) is 11.2. The van der Waals surface area contributed by atoms with E-state index in [1.54, 1.807) is 18.1 Å². The number of methoxy groups -OCH3 is 1. The van der Waals surface area contributed by atoms with Gasteiger partial charge >= 0.3 is 0 Å². The number of aromatic nitrogens is 1. The average Bonchev–Trinajstić information content (AvgIpc) is 3.09. The van der Waals surface area contributed by atoms with Crippen LogP contribution in [-0.2, 0) is 9.53 Å². The molecule has 1 aromatic heterocycles. The van der Waals surface area contributed by atoms with E-state index in [4.69, 9.17) is 9.47 Å². The molecule has 0 saturated carbocycles. The van der Waals surface area contributed by atoms with E-state index in [9.17, 15) is 10.1 Å². The molecule has 1 unspecified atom stereocenters. The Morgan fingerprint density at radius 3 is 2.56 bits per heavy atom. The second-order valence-electron chi connectivity index (χ2n) is 8.53. The molecule has 170 valence electrons. The molecule has 6 nitrogen and oxygen atoms in total. The van der Waals surface area contributed by atoms with Crippen molar-refractivity contribution in [3.05, 3.63) is 58.9 Å². The smallest absolute Gasteiger partial charge is 0.264 e. The lowest BCUT2D eigenvalue weighted by Crippen LogP contribution is -2.40.